The van der Waals surface area contributed by atoms with Crippen LogP contribution in [-0.4, -0.2) is 10.9 Å². The maximum atomic E-state index is 10.9. The minimum atomic E-state index is -0.0919. The summed E-state index contributed by atoms with van der Waals surface area (Å²) in [6.07, 6.45) is 0. The molecule has 0 unspecified atom stereocenters. The molecule has 1 N–H and O–H groups in total. The molecule has 0 spiro atoms. The van der Waals surface area contributed by atoms with E-state index in [1.807, 2.05) is 19.1 Å². The summed E-state index contributed by atoms with van der Waals surface area (Å²) >= 11 is 4.96. The van der Waals surface area contributed by atoms with Gasteiger partial charge >= 0.3 is 0 Å². The zero-order valence-electron chi connectivity index (χ0n) is 8.30. The van der Waals surface area contributed by atoms with Gasteiger partial charge in [-0.3, -0.25) is 4.79 Å². The number of carbonyl (C=O) groups excluding carboxylic acids is 1. The Morgan fingerprint density at radius 3 is 2.93 bits per heavy atom. The molecule has 1 aromatic carbocycles. The number of nitrogens with zero attached hydrogens (tertiary/aromatic N) is 1. The van der Waals surface area contributed by atoms with Crippen LogP contribution in [0.15, 0.2) is 16.6 Å². The average molecular weight is 285 g/mol. The second kappa shape index (κ2) is 3.90. The van der Waals surface area contributed by atoms with Crippen LogP contribution >= 0.6 is 27.3 Å². The van der Waals surface area contributed by atoms with Crippen molar-refractivity contribution >= 4 is 48.5 Å². The van der Waals surface area contributed by atoms with E-state index in [1.54, 1.807) is 0 Å². The number of rotatable bonds is 1. The Morgan fingerprint density at radius 1 is 1.53 bits per heavy atom. The highest BCUT2D eigenvalue weighted by Crippen LogP contribution is 2.32. The molecule has 0 radical (unpaired) electrons. The molecule has 1 aromatic heterocycles. The minimum Gasteiger partial charge on any atom is -0.302 e. The van der Waals surface area contributed by atoms with Gasteiger partial charge in [0, 0.05) is 11.4 Å². The van der Waals surface area contributed by atoms with Crippen LogP contribution in [0.1, 0.15) is 12.5 Å². The molecule has 0 aliphatic heterocycles. The van der Waals surface area contributed by atoms with Gasteiger partial charge in [-0.15, -0.1) is 0 Å². The molecule has 0 aliphatic rings. The lowest BCUT2D eigenvalue weighted by atomic mass is 10.2. The molecular formula is C10H9BrN2OS. The Labute approximate surface area is 99.6 Å². The van der Waals surface area contributed by atoms with Gasteiger partial charge < -0.3 is 5.32 Å². The van der Waals surface area contributed by atoms with Crippen LogP contribution in [0.3, 0.4) is 0 Å². The standard InChI is InChI=1S/C10H9BrN2OS/c1-5-7(11)3-4-8-9(5)15-10(13-8)12-6(2)14/h3-4H,1-2H3,(H,12,13,14). The molecule has 2 aromatic rings. The Morgan fingerprint density at radius 2 is 2.27 bits per heavy atom. The number of aromatic nitrogens is 1. The minimum absolute atomic E-state index is 0.0919. The summed E-state index contributed by atoms with van der Waals surface area (Å²) in [6.45, 7) is 3.51. The van der Waals surface area contributed by atoms with Crippen LogP contribution in [-0.2, 0) is 4.79 Å². The van der Waals surface area contributed by atoms with Crippen molar-refractivity contribution in [1.82, 2.24) is 4.98 Å². The fourth-order valence-corrected chi connectivity index (χ4v) is 2.78. The van der Waals surface area contributed by atoms with E-state index in [-0.39, 0.29) is 5.91 Å². The highest BCUT2D eigenvalue weighted by Gasteiger charge is 2.08. The maximum Gasteiger partial charge on any atom is 0.223 e. The van der Waals surface area contributed by atoms with E-state index in [2.05, 4.69) is 26.2 Å². The van der Waals surface area contributed by atoms with Gasteiger partial charge in [-0.05, 0) is 24.6 Å². The van der Waals surface area contributed by atoms with Gasteiger partial charge in [0.05, 0.1) is 10.2 Å². The molecule has 1 amide bonds. The highest BCUT2D eigenvalue weighted by molar-refractivity contribution is 9.10. The first kappa shape index (κ1) is 10.6. The molecule has 1 heterocycles. The number of thiazole rings is 1. The largest absolute Gasteiger partial charge is 0.302 e. The molecular weight excluding hydrogens is 276 g/mol. The summed E-state index contributed by atoms with van der Waals surface area (Å²) in [5.74, 6) is -0.0919. The maximum absolute atomic E-state index is 10.9. The number of hydrogen-bond acceptors (Lipinski definition) is 3. The third kappa shape index (κ3) is 2.03. The Balaban J connectivity index is 2.56. The highest BCUT2D eigenvalue weighted by atomic mass is 79.9. The summed E-state index contributed by atoms with van der Waals surface area (Å²) in [5.41, 5.74) is 2.08. The van der Waals surface area contributed by atoms with Gasteiger partial charge in [-0.2, -0.15) is 0 Å². The van der Waals surface area contributed by atoms with Crippen LogP contribution in [0.2, 0.25) is 0 Å². The fraction of sp³-hybridized carbons (Fsp3) is 0.200. The normalized spacial score (nSPS) is 10.6. The predicted molar refractivity (Wildman–Crippen MR) is 66.4 cm³/mol. The van der Waals surface area contributed by atoms with E-state index >= 15 is 0 Å². The van der Waals surface area contributed by atoms with Crippen LogP contribution in [0, 0.1) is 6.92 Å². The van der Waals surface area contributed by atoms with Gasteiger partial charge in [0.1, 0.15) is 0 Å². The number of nitrogens with one attached hydrogen (secondary N) is 1. The van der Waals surface area contributed by atoms with Crippen molar-refractivity contribution in [3.63, 3.8) is 0 Å². The number of carbonyl (C=O) groups is 1. The summed E-state index contributed by atoms with van der Waals surface area (Å²) in [5, 5.41) is 3.35. The number of benzene rings is 1. The van der Waals surface area contributed by atoms with Crippen LogP contribution in [0.5, 0.6) is 0 Å². The van der Waals surface area contributed by atoms with Gasteiger partial charge in [-0.25, -0.2) is 4.98 Å². The zero-order chi connectivity index (χ0) is 11.0. The van der Waals surface area contributed by atoms with Gasteiger partial charge in [0.2, 0.25) is 5.91 Å². The van der Waals surface area contributed by atoms with Crippen molar-refractivity contribution in [2.24, 2.45) is 0 Å². The Kier molecular flexibility index (Phi) is 2.75. The third-order valence-corrected chi connectivity index (χ3v) is 3.99. The van der Waals surface area contributed by atoms with E-state index < -0.39 is 0 Å². The number of aryl methyl sites for hydroxylation is 1. The first-order chi connectivity index (χ1) is 7.08. The summed E-state index contributed by atoms with van der Waals surface area (Å²) in [7, 11) is 0. The third-order valence-electron chi connectivity index (χ3n) is 2.02. The van der Waals surface area contributed by atoms with Gasteiger partial charge in [0.15, 0.2) is 5.13 Å². The van der Waals surface area contributed by atoms with Crippen molar-refractivity contribution < 1.29 is 4.79 Å². The molecule has 2 rings (SSSR count). The van der Waals surface area contributed by atoms with E-state index in [0.29, 0.717) is 5.13 Å². The molecule has 0 atom stereocenters. The van der Waals surface area contributed by atoms with E-state index in [1.165, 1.54) is 18.3 Å². The topological polar surface area (TPSA) is 42.0 Å². The quantitative estimate of drug-likeness (QED) is 0.873. The van der Waals surface area contributed by atoms with Crippen molar-refractivity contribution in [3.8, 4) is 0 Å². The first-order valence-electron chi connectivity index (χ1n) is 4.41. The van der Waals surface area contributed by atoms with E-state index in [0.717, 1.165) is 20.3 Å². The molecule has 0 saturated heterocycles. The number of hydrogen-bond donors (Lipinski definition) is 1. The van der Waals surface area contributed by atoms with E-state index in [9.17, 15) is 4.79 Å². The molecule has 0 fully saturated rings. The molecule has 78 valence electrons. The Hall–Kier alpha value is -0.940. The fourth-order valence-electron chi connectivity index (χ4n) is 1.30. The van der Waals surface area contributed by atoms with Gasteiger partial charge in [0.25, 0.3) is 0 Å². The lowest BCUT2D eigenvalue weighted by molar-refractivity contribution is -0.114. The van der Waals surface area contributed by atoms with Crippen molar-refractivity contribution in [2.75, 3.05) is 5.32 Å². The van der Waals surface area contributed by atoms with E-state index in [4.69, 9.17) is 0 Å². The van der Waals surface area contributed by atoms with Crippen LogP contribution < -0.4 is 5.32 Å². The smallest absolute Gasteiger partial charge is 0.223 e. The lowest BCUT2D eigenvalue weighted by Crippen LogP contribution is -2.04. The summed E-state index contributed by atoms with van der Waals surface area (Å²) in [6, 6.07) is 3.91. The zero-order valence-corrected chi connectivity index (χ0v) is 10.7. The summed E-state index contributed by atoms with van der Waals surface area (Å²) in [4.78, 5) is 15.2. The number of halogens is 1. The monoisotopic (exact) mass is 284 g/mol. The SMILES string of the molecule is CC(=O)Nc1nc2ccc(Br)c(C)c2s1. The number of fused-ring (bicyclic) bond motifs is 1. The molecule has 15 heavy (non-hydrogen) atoms. The van der Waals surface area contributed by atoms with Crippen molar-refractivity contribution in [1.29, 1.82) is 0 Å². The molecule has 0 saturated carbocycles. The lowest BCUT2D eigenvalue weighted by Gasteiger charge is -1.96. The number of amides is 1. The molecule has 0 aliphatic carbocycles. The van der Waals surface area contributed by atoms with Crippen LogP contribution in [0.25, 0.3) is 10.2 Å². The van der Waals surface area contributed by atoms with Gasteiger partial charge in [-0.1, -0.05) is 27.3 Å². The molecule has 5 heteroatoms. The first-order valence-corrected chi connectivity index (χ1v) is 6.02. The second-order valence-corrected chi connectivity index (χ2v) is 5.07. The van der Waals surface area contributed by atoms with Crippen LogP contribution in [0.4, 0.5) is 5.13 Å². The average Bonchev–Trinajstić information content (AvgIpc) is 2.54. The Bertz CT molecular complexity index is 535. The van der Waals surface area contributed by atoms with Crippen molar-refractivity contribution in [2.45, 2.75) is 13.8 Å². The summed E-state index contributed by atoms with van der Waals surface area (Å²) < 4.78 is 2.17. The second-order valence-electron chi connectivity index (χ2n) is 3.22. The predicted octanol–water partition coefficient (Wildman–Crippen LogP) is 3.33. The number of anilines is 1. The molecule has 0 bridgehead atoms. The molecule has 3 nitrogen and oxygen atoms in total. The van der Waals surface area contributed by atoms with Crippen molar-refractivity contribution in [3.05, 3.63) is 22.2 Å².